The SMILES string of the molecule is c1ccc(-c2ccc(-c3nc(-c4ccc(-c5ccccc5)cc4)nc(-c4ccc5c(c4)oc4cc(N6c7ccccc7N(c7ccccc7)c7ccccc76)ccc45)n3)cc2)cc1. The van der Waals surface area contributed by atoms with Gasteiger partial charge in [0.15, 0.2) is 17.5 Å². The van der Waals surface area contributed by atoms with Gasteiger partial charge in [-0.1, -0.05) is 158 Å². The fraction of sp³-hybridized carbons (Fsp3) is 0. The van der Waals surface area contributed by atoms with E-state index in [1.54, 1.807) is 0 Å². The summed E-state index contributed by atoms with van der Waals surface area (Å²) in [5.74, 6) is 1.77. The standard InChI is InChI=1S/C57H37N5O/c1-4-14-38(15-5-1)40-24-28-42(29-25-40)55-58-56(43-30-26-41(27-31-43)39-16-6-2-7-17-39)60-57(59-55)44-32-34-47-48-35-33-46(37-54(48)63-53(47)36-44)62-51-22-12-10-20-49(51)61(45-18-8-3-9-19-45)50-21-11-13-23-52(50)62/h1-37H. The quantitative estimate of drug-likeness (QED) is 0.160. The summed E-state index contributed by atoms with van der Waals surface area (Å²) in [5, 5.41) is 2.07. The van der Waals surface area contributed by atoms with Crippen LogP contribution < -0.4 is 9.80 Å². The van der Waals surface area contributed by atoms with Crippen molar-refractivity contribution < 1.29 is 4.42 Å². The largest absolute Gasteiger partial charge is 0.456 e. The molecule has 6 nitrogen and oxygen atoms in total. The summed E-state index contributed by atoms with van der Waals surface area (Å²) in [7, 11) is 0. The zero-order chi connectivity index (χ0) is 41.7. The zero-order valence-corrected chi connectivity index (χ0v) is 34.0. The highest BCUT2D eigenvalue weighted by Gasteiger charge is 2.30. The maximum atomic E-state index is 6.74. The zero-order valence-electron chi connectivity index (χ0n) is 34.0. The summed E-state index contributed by atoms with van der Waals surface area (Å²) in [5.41, 5.74) is 15.3. The van der Waals surface area contributed by atoms with Crippen LogP contribution in [0.4, 0.5) is 34.1 Å². The van der Waals surface area contributed by atoms with Gasteiger partial charge >= 0.3 is 0 Å². The van der Waals surface area contributed by atoms with E-state index in [-0.39, 0.29) is 0 Å². The minimum atomic E-state index is 0.571. The number of hydrogen-bond donors (Lipinski definition) is 0. The molecular weight excluding hydrogens is 771 g/mol. The van der Waals surface area contributed by atoms with Crippen molar-refractivity contribution in [1.29, 1.82) is 0 Å². The summed E-state index contributed by atoms with van der Waals surface area (Å²) in [4.78, 5) is 19.9. The molecule has 6 heteroatoms. The Morgan fingerprint density at radius 1 is 0.270 bits per heavy atom. The Labute approximate surface area is 364 Å². The molecule has 296 valence electrons. The molecule has 1 aliphatic rings. The molecule has 1 aliphatic heterocycles. The lowest BCUT2D eigenvalue weighted by atomic mass is 10.0. The third kappa shape index (κ3) is 6.49. The topological polar surface area (TPSA) is 58.3 Å². The summed E-state index contributed by atoms with van der Waals surface area (Å²) in [6.07, 6.45) is 0. The molecule has 0 saturated carbocycles. The van der Waals surface area contributed by atoms with E-state index < -0.39 is 0 Å². The van der Waals surface area contributed by atoms with Crippen molar-refractivity contribution in [3.63, 3.8) is 0 Å². The van der Waals surface area contributed by atoms with Gasteiger partial charge in [-0.2, -0.15) is 0 Å². The van der Waals surface area contributed by atoms with Gasteiger partial charge in [0.05, 0.1) is 28.4 Å². The highest BCUT2D eigenvalue weighted by molar-refractivity contribution is 6.08. The molecule has 0 unspecified atom stereocenters. The first-order chi connectivity index (χ1) is 31.2. The number of rotatable bonds is 7. The molecule has 0 bridgehead atoms. The van der Waals surface area contributed by atoms with Crippen LogP contribution in [0.5, 0.6) is 0 Å². The molecule has 63 heavy (non-hydrogen) atoms. The minimum absolute atomic E-state index is 0.571. The molecule has 0 radical (unpaired) electrons. The van der Waals surface area contributed by atoms with Crippen LogP contribution in [0.3, 0.4) is 0 Å². The Balaban J connectivity index is 0.944. The molecule has 9 aromatic carbocycles. The van der Waals surface area contributed by atoms with Crippen LogP contribution >= 0.6 is 0 Å². The number of fused-ring (bicyclic) bond motifs is 5. The molecule has 0 amide bonds. The minimum Gasteiger partial charge on any atom is -0.456 e. The van der Waals surface area contributed by atoms with Crippen LogP contribution in [0.2, 0.25) is 0 Å². The number of anilines is 6. The van der Waals surface area contributed by atoms with Crippen LogP contribution in [-0.2, 0) is 0 Å². The summed E-state index contributed by atoms with van der Waals surface area (Å²) in [6.45, 7) is 0. The first kappa shape index (κ1) is 36.3. The van der Waals surface area contributed by atoms with Gasteiger partial charge in [-0.3, -0.25) is 0 Å². The predicted molar refractivity (Wildman–Crippen MR) is 257 cm³/mol. The Kier molecular flexibility index (Phi) is 8.71. The molecule has 0 atom stereocenters. The van der Waals surface area contributed by atoms with Crippen LogP contribution in [0.1, 0.15) is 0 Å². The van der Waals surface area contributed by atoms with E-state index in [1.807, 2.05) is 12.1 Å². The first-order valence-electron chi connectivity index (χ1n) is 21.1. The van der Waals surface area contributed by atoms with E-state index in [4.69, 9.17) is 19.4 Å². The van der Waals surface area contributed by atoms with Crippen molar-refractivity contribution in [3.05, 3.63) is 224 Å². The predicted octanol–water partition coefficient (Wildman–Crippen LogP) is 15.4. The van der Waals surface area contributed by atoms with Gasteiger partial charge < -0.3 is 14.2 Å². The smallest absolute Gasteiger partial charge is 0.164 e. The van der Waals surface area contributed by atoms with Crippen molar-refractivity contribution in [2.24, 2.45) is 0 Å². The van der Waals surface area contributed by atoms with E-state index in [0.29, 0.717) is 17.5 Å². The van der Waals surface area contributed by atoms with Crippen molar-refractivity contribution in [1.82, 2.24) is 15.0 Å². The third-order valence-corrected chi connectivity index (χ3v) is 11.9. The van der Waals surface area contributed by atoms with E-state index >= 15 is 0 Å². The van der Waals surface area contributed by atoms with Crippen molar-refractivity contribution >= 4 is 56.1 Å². The lowest BCUT2D eigenvalue weighted by molar-refractivity contribution is 0.669. The summed E-state index contributed by atoms with van der Waals surface area (Å²) < 4.78 is 6.74. The lowest BCUT2D eigenvalue weighted by Crippen LogP contribution is -2.23. The van der Waals surface area contributed by atoms with Gasteiger partial charge in [0.25, 0.3) is 0 Å². The molecule has 0 N–H and O–H groups in total. The molecule has 0 saturated heterocycles. The van der Waals surface area contributed by atoms with E-state index in [2.05, 4.69) is 222 Å². The molecule has 12 rings (SSSR count). The normalized spacial score (nSPS) is 12.1. The van der Waals surface area contributed by atoms with Gasteiger partial charge in [0.1, 0.15) is 11.2 Å². The fourth-order valence-corrected chi connectivity index (χ4v) is 8.77. The Hall–Kier alpha value is -8.61. The highest BCUT2D eigenvalue weighted by atomic mass is 16.3. The highest BCUT2D eigenvalue weighted by Crippen LogP contribution is 2.54. The number of benzene rings is 9. The average Bonchev–Trinajstić information content (AvgIpc) is 3.73. The van der Waals surface area contributed by atoms with Crippen molar-refractivity contribution in [2.75, 3.05) is 9.80 Å². The van der Waals surface area contributed by atoms with Gasteiger partial charge in [-0.25, -0.2) is 15.0 Å². The van der Waals surface area contributed by atoms with E-state index in [0.717, 1.165) is 95.0 Å². The molecule has 0 spiro atoms. The maximum absolute atomic E-state index is 6.74. The summed E-state index contributed by atoms with van der Waals surface area (Å²) in [6, 6.07) is 78.0. The fourth-order valence-electron chi connectivity index (χ4n) is 8.77. The summed E-state index contributed by atoms with van der Waals surface area (Å²) >= 11 is 0. The number of aromatic nitrogens is 3. The second kappa shape index (κ2) is 15.1. The monoisotopic (exact) mass is 807 g/mol. The molecule has 3 heterocycles. The first-order valence-corrected chi connectivity index (χ1v) is 21.1. The second-order valence-electron chi connectivity index (χ2n) is 15.7. The van der Waals surface area contributed by atoms with Gasteiger partial charge in [0.2, 0.25) is 0 Å². The maximum Gasteiger partial charge on any atom is 0.164 e. The third-order valence-electron chi connectivity index (χ3n) is 11.9. The number of furan rings is 1. The number of para-hydroxylation sites is 5. The molecule has 11 aromatic rings. The Morgan fingerprint density at radius 2 is 0.619 bits per heavy atom. The number of nitrogens with zero attached hydrogens (tertiary/aromatic N) is 5. The molecule has 2 aromatic heterocycles. The van der Waals surface area contributed by atoms with Crippen LogP contribution in [0.25, 0.3) is 78.4 Å². The van der Waals surface area contributed by atoms with Crippen molar-refractivity contribution in [2.45, 2.75) is 0 Å². The lowest BCUT2D eigenvalue weighted by Gasteiger charge is -2.40. The average molecular weight is 808 g/mol. The van der Waals surface area contributed by atoms with E-state index in [1.165, 1.54) is 0 Å². The van der Waals surface area contributed by atoms with Crippen LogP contribution in [0.15, 0.2) is 229 Å². The van der Waals surface area contributed by atoms with Crippen molar-refractivity contribution in [3.8, 4) is 56.4 Å². The van der Waals surface area contributed by atoms with Gasteiger partial charge in [0, 0.05) is 39.2 Å². The van der Waals surface area contributed by atoms with Gasteiger partial charge in [-0.15, -0.1) is 0 Å². The van der Waals surface area contributed by atoms with Gasteiger partial charge in [-0.05, 0) is 82.9 Å². The van der Waals surface area contributed by atoms with Crippen LogP contribution in [0, 0.1) is 0 Å². The Bertz CT molecular complexity index is 3290. The Morgan fingerprint density at radius 3 is 1.11 bits per heavy atom. The second-order valence-corrected chi connectivity index (χ2v) is 15.7. The molecule has 0 fully saturated rings. The van der Waals surface area contributed by atoms with E-state index in [9.17, 15) is 0 Å². The molecule has 0 aliphatic carbocycles. The molecular formula is C57H37N5O. The number of hydrogen-bond acceptors (Lipinski definition) is 6. The van der Waals surface area contributed by atoms with Crippen LogP contribution in [-0.4, -0.2) is 15.0 Å².